The Balaban J connectivity index is 2.18. The van der Waals surface area contributed by atoms with E-state index in [2.05, 4.69) is 4.98 Å². The zero-order valence-corrected chi connectivity index (χ0v) is 7.92. The van der Waals surface area contributed by atoms with Gasteiger partial charge in [0.1, 0.15) is 16.6 Å². The van der Waals surface area contributed by atoms with Gasteiger partial charge in [0.25, 0.3) is 5.19 Å². The molecule has 0 aliphatic heterocycles. The number of ether oxygens (including phenoxy) is 1. The number of thiazole rings is 1. The van der Waals surface area contributed by atoms with Gasteiger partial charge in [0, 0.05) is 6.07 Å². The van der Waals surface area contributed by atoms with Crippen LogP contribution in [0.25, 0.3) is 0 Å². The minimum atomic E-state index is -0.341. The molecule has 3 nitrogen and oxygen atoms in total. The number of halogens is 1. The topological polar surface area (TPSA) is 48.1 Å². The number of hydrogen-bond acceptors (Lipinski definition) is 4. The molecule has 0 atom stereocenters. The third-order valence-electron chi connectivity index (χ3n) is 1.50. The smallest absolute Gasteiger partial charge is 0.280 e. The van der Waals surface area contributed by atoms with Crippen molar-refractivity contribution in [1.82, 2.24) is 4.98 Å². The van der Waals surface area contributed by atoms with Crippen LogP contribution in [0.2, 0.25) is 0 Å². The molecule has 0 fully saturated rings. The highest BCUT2D eigenvalue weighted by Crippen LogP contribution is 2.27. The summed E-state index contributed by atoms with van der Waals surface area (Å²) in [5, 5.41) is 0.976. The molecule has 1 heterocycles. The van der Waals surface area contributed by atoms with Gasteiger partial charge in [0.2, 0.25) is 0 Å². The van der Waals surface area contributed by atoms with Crippen LogP contribution in [-0.4, -0.2) is 4.98 Å². The lowest BCUT2D eigenvalue weighted by atomic mass is 10.3. The molecule has 2 N–H and O–H groups in total. The van der Waals surface area contributed by atoms with Crippen LogP contribution < -0.4 is 10.5 Å². The summed E-state index contributed by atoms with van der Waals surface area (Å²) in [5.74, 6) is 0.0754. The molecule has 2 rings (SSSR count). The summed E-state index contributed by atoms with van der Waals surface area (Å²) in [4.78, 5) is 3.89. The first-order chi connectivity index (χ1) is 6.74. The standard InChI is InChI=1S/C9H7FN2OS/c10-6-2-1-3-7(4-6)13-9-12-5-8(11)14-9/h1-5H,11H2. The van der Waals surface area contributed by atoms with Crippen molar-refractivity contribution in [2.75, 3.05) is 5.73 Å². The summed E-state index contributed by atoms with van der Waals surface area (Å²) in [5.41, 5.74) is 5.46. The van der Waals surface area contributed by atoms with E-state index in [1.165, 1.54) is 29.7 Å². The van der Waals surface area contributed by atoms with E-state index in [1.807, 2.05) is 0 Å². The number of nitrogens with two attached hydrogens (primary N) is 1. The molecule has 0 unspecified atom stereocenters. The lowest BCUT2D eigenvalue weighted by Crippen LogP contribution is -1.83. The molecule has 0 saturated carbocycles. The van der Waals surface area contributed by atoms with E-state index in [4.69, 9.17) is 10.5 Å². The van der Waals surface area contributed by atoms with Crippen molar-refractivity contribution in [2.45, 2.75) is 0 Å². The third-order valence-corrected chi connectivity index (χ3v) is 2.21. The van der Waals surface area contributed by atoms with Gasteiger partial charge in [-0.2, -0.15) is 0 Å². The predicted molar refractivity (Wildman–Crippen MR) is 53.0 cm³/mol. The second-order valence-electron chi connectivity index (χ2n) is 2.59. The maximum atomic E-state index is 12.8. The van der Waals surface area contributed by atoms with Crippen LogP contribution in [0.15, 0.2) is 30.5 Å². The van der Waals surface area contributed by atoms with Gasteiger partial charge in [-0.15, -0.1) is 0 Å². The number of anilines is 1. The molecule has 0 aliphatic rings. The zero-order chi connectivity index (χ0) is 9.97. The molecule has 0 saturated heterocycles. The normalized spacial score (nSPS) is 10.1. The van der Waals surface area contributed by atoms with Crippen molar-refractivity contribution in [2.24, 2.45) is 0 Å². The van der Waals surface area contributed by atoms with Gasteiger partial charge in [0.15, 0.2) is 0 Å². The Bertz CT molecular complexity index is 444. The quantitative estimate of drug-likeness (QED) is 0.828. The Hall–Kier alpha value is -1.62. The van der Waals surface area contributed by atoms with E-state index in [0.717, 1.165) is 0 Å². The molecule has 0 bridgehead atoms. The largest absolute Gasteiger partial charge is 0.431 e. The minimum absolute atomic E-state index is 0.341. The van der Waals surface area contributed by atoms with Gasteiger partial charge >= 0.3 is 0 Å². The zero-order valence-electron chi connectivity index (χ0n) is 7.11. The van der Waals surface area contributed by atoms with E-state index in [-0.39, 0.29) is 5.82 Å². The number of benzene rings is 1. The second kappa shape index (κ2) is 3.63. The highest BCUT2D eigenvalue weighted by Gasteiger charge is 2.02. The van der Waals surface area contributed by atoms with Crippen molar-refractivity contribution in [1.29, 1.82) is 0 Å². The highest BCUT2D eigenvalue weighted by molar-refractivity contribution is 7.17. The average Bonchev–Trinajstić information content (AvgIpc) is 2.51. The van der Waals surface area contributed by atoms with Crippen molar-refractivity contribution in [3.63, 3.8) is 0 Å². The maximum absolute atomic E-state index is 12.8. The van der Waals surface area contributed by atoms with Gasteiger partial charge in [-0.3, -0.25) is 0 Å². The van der Waals surface area contributed by atoms with Crippen LogP contribution in [0.3, 0.4) is 0 Å². The molecule has 0 aliphatic carbocycles. The van der Waals surface area contributed by atoms with Crippen LogP contribution in [-0.2, 0) is 0 Å². The molecule has 1 aromatic heterocycles. The fourth-order valence-corrected chi connectivity index (χ4v) is 1.50. The number of rotatable bonds is 2. The number of aromatic nitrogens is 1. The number of nitrogen functional groups attached to an aromatic ring is 1. The molecule has 5 heteroatoms. The van der Waals surface area contributed by atoms with Gasteiger partial charge < -0.3 is 10.5 Å². The lowest BCUT2D eigenvalue weighted by molar-refractivity contribution is 0.473. The van der Waals surface area contributed by atoms with Crippen LogP contribution in [0.4, 0.5) is 9.39 Å². The van der Waals surface area contributed by atoms with Crippen molar-refractivity contribution >= 4 is 16.3 Å². The molecular weight excluding hydrogens is 203 g/mol. The summed E-state index contributed by atoms with van der Waals surface area (Å²) in [6.45, 7) is 0. The summed E-state index contributed by atoms with van der Waals surface area (Å²) >= 11 is 1.21. The van der Waals surface area contributed by atoms with E-state index in [9.17, 15) is 4.39 Å². The first-order valence-electron chi connectivity index (χ1n) is 3.89. The van der Waals surface area contributed by atoms with Crippen LogP contribution in [0.5, 0.6) is 10.9 Å². The van der Waals surface area contributed by atoms with Crippen molar-refractivity contribution in [3.05, 3.63) is 36.3 Å². The van der Waals surface area contributed by atoms with Crippen molar-refractivity contribution < 1.29 is 9.13 Å². The highest BCUT2D eigenvalue weighted by atomic mass is 32.1. The average molecular weight is 210 g/mol. The Morgan fingerprint density at radius 3 is 2.93 bits per heavy atom. The van der Waals surface area contributed by atoms with Crippen molar-refractivity contribution in [3.8, 4) is 10.9 Å². The molecule has 0 spiro atoms. The fraction of sp³-hybridized carbons (Fsp3) is 0. The van der Waals surface area contributed by atoms with Crippen LogP contribution in [0.1, 0.15) is 0 Å². The Morgan fingerprint density at radius 1 is 1.43 bits per heavy atom. The lowest BCUT2D eigenvalue weighted by Gasteiger charge is -1.99. The molecule has 72 valence electrons. The molecule has 14 heavy (non-hydrogen) atoms. The number of nitrogens with zero attached hydrogens (tertiary/aromatic N) is 1. The Labute approximate surface area is 84.0 Å². The predicted octanol–water partition coefficient (Wildman–Crippen LogP) is 2.66. The molecular formula is C9H7FN2OS. The van der Waals surface area contributed by atoms with E-state index in [0.29, 0.717) is 15.9 Å². The molecule has 1 aromatic carbocycles. The number of hydrogen-bond donors (Lipinski definition) is 1. The summed E-state index contributed by atoms with van der Waals surface area (Å²) in [7, 11) is 0. The first kappa shape index (κ1) is 8.96. The molecule has 2 aromatic rings. The van der Waals surface area contributed by atoms with E-state index in [1.54, 1.807) is 12.1 Å². The van der Waals surface area contributed by atoms with Gasteiger partial charge in [0.05, 0.1) is 6.20 Å². The monoisotopic (exact) mass is 210 g/mol. The van der Waals surface area contributed by atoms with E-state index < -0.39 is 0 Å². The first-order valence-corrected chi connectivity index (χ1v) is 4.70. The summed E-state index contributed by atoms with van der Waals surface area (Å²) in [6.07, 6.45) is 1.50. The Morgan fingerprint density at radius 2 is 2.29 bits per heavy atom. The fourth-order valence-electron chi connectivity index (χ4n) is 0.948. The minimum Gasteiger partial charge on any atom is -0.431 e. The SMILES string of the molecule is Nc1cnc(Oc2cccc(F)c2)s1. The van der Waals surface area contributed by atoms with Crippen LogP contribution in [0, 0.1) is 5.82 Å². The van der Waals surface area contributed by atoms with Gasteiger partial charge in [-0.25, -0.2) is 9.37 Å². The maximum Gasteiger partial charge on any atom is 0.280 e. The Kier molecular flexibility index (Phi) is 2.32. The molecule has 0 radical (unpaired) electrons. The van der Waals surface area contributed by atoms with Gasteiger partial charge in [-0.1, -0.05) is 17.4 Å². The van der Waals surface area contributed by atoms with Gasteiger partial charge in [-0.05, 0) is 12.1 Å². The third kappa shape index (κ3) is 2.00. The summed E-state index contributed by atoms with van der Waals surface area (Å²) in [6, 6.07) is 5.86. The second-order valence-corrected chi connectivity index (χ2v) is 3.61. The van der Waals surface area contributed by atoms with Crippen LogP contribution >= 0.6 is 11.3 Å². The van der Waals surface area contributed by atoms with E-state index >= 15 is 0 Å². The molecule has 0 amide bonds. The summed E-state index contributed by atoms with van der Waals surface area (Å²) < 4.78 is 18.0.